The number of methoxy groups -OCH3 is 1. The first kappa shape index (κ1) is 23.8. The van der Waals surface area contributed by atoms with Gasteiger partial charge in [0.2, 0.25) is 0 Å². The number of halogens is 1. The Morgan fingerprint density at radius 2 is 1.67 bits per heavy atom. The third kappa shape index (κ3) is 4.16. The molecule has 1 atom stereocenters. The van der Waals surface area contributed by atoms with E-state index in [1.54, 1.807) is 36.4 Å². The van der Waals surface area contributed by atoms with Crippen LogP contribution in [-0.2, 0) is 9.59 Å². The number of aromatic hydroxyl groups is 1. The fraction of sp³-hybridized carbons (Fsp3) is 0.214. The number of hydrogen-bond donors (Lipinski definition) is 2. The molecule has 7 nitrogen and oxygen atoms in total. The molecule has 3 aromatic rings. The molecule has 1 unspecified atom stereocenters. The molecule has 2 aliphatic heterocycles. The Kier molecular flexibility index (Phi) is 6.33. The van der Waals surface area contributed by atoms with Crippen LogP contribution in [0.3, 0.4) is 0 Å². The molecule has 2 saturated heterocycles. The van der Waals surface area contributed by atoms with Crippen molar-refractivity contribution >= 4 is 40.4 Å². The van der Waals surface area contributed by atoms with Crippen molar-refractivity contribution in [1.82, 2.24) is 0 Å². The van der Waals surface area contributed by atoms with Crippen molar-refractivity contribution in [1.29, 1.82) is 0 Å². The highest BCUT2D eigenvalue weighted by atomic mass is 35.5. The lowest BCUT2D eigenvalue weighted by Crippen LogP contribution is -2.29. The highest BCUT2D eigenvalue weighted by molar-refractivity contribution is 6.51. The number of carbonyl (C=O) groups excluding carboxylic acids is 2. The Morgan fingerprint density at radius 3 is 2.33 bits per heavy atom. The summed E-state index contributed by atoms with van der Waals surface area (Å²) < 4.78 is 5.37. The van der Waals surface area contributed by atoms with Crippen molar-refractivity contribution in [2.75, 3.05) is 30.0 Å². The largest absolute Gasteiger partial charge is 0.508 e. The van der Waals surface area contributed by atoms with E-state index < -0.39 is 23.5 Å². The molecule has 2 aliphatic rings. The lowest BCUT2D eigenvalue weighted by Gasteiger charge is -2.26. The second kappa shape index (κ2) is 9.59. The van der Waals surface area contributed by atoms with Crippen molar-refractivity contribution < 1.29 is 24.5 Å². The number of phenolic OH excluding ortho intramolecular Hbond substituents is 1. The molecule has 0 radical (unpaired) electrons. The molecule has 8 heteroatoms. The zero-order valence-electron chi connectivity index (χ0n) is 19.6. The molecule has 5 rings (SSSR count). The zero-order chi connectivity index (χ0) is 25.4. The first-order valence-electron chi connectivity index (χ1n) is 11.7. The first-order chi connectivity index (χ1) is 17.4. The molecular weight excluding hydrogens is 480 g/mol. The summed E-state index contributed by atoms with van der Waals surface area (Å²) in [6, 6.07) is 17.4. The van der Waals surface area contributed by atoms with E-state index >= 15 is 0 Å². The molecule has 2 fully saturated rings. The summed E-state index contributed by atoms with van der Waals surface area (Å²) >= 11 is 6.17. The van der Waals surface area contributed by atoms with E-state index in [-0.39, 0.29) is 16.9 Å². The van der Waals surface area contributed by atoms with E-state index in [0.29, 0.717) is 22.0 Å². The molecule has 36 heavy (non-hydrogen) atoms. The quantitative estimate of drug-likeness (QED) is 0.279. The van der Waals surface area contributed by atoms with E-state index in [1.165, 1.54) is 30.2 Å². The van der Waals surface area contributed by atoms with Gasteiger partial charge in [-0.25, -0.2) is 0 Å². The third-order valence-electron chi connectivity index (χ3n) is 6.65. The van der Waals surface area contributed by atoms with Crippen LogP contribution in [0.5, 0.6) is 11.5 Å². The van der Waals surface area contributed by atoms with Crippen molar-refractivity contribution in [3.63, 3.8) is 0 Å². The van der Waals surface area contributed by atoms with Crippen LogP contribution >= 0.6 is 11.6 Å². The van der Waals surface area contributed by atoms with Crippen molar-refractivity contribution in [3.8, 4) is 11.5 Å². The summed E-state index contributed by atoms with van der Waals surface area (Å²) in [5.74, 6) is -1.75. The van der Waals surface area contributed by atoms with Crippen LogP contribution < -0.4 is 14.5 Å². The molecule has 2 N–H and O–H groups in total. The topological polar surface area (TPSA) is 90.3 Å². The van der Waals surface area contributed by atoms with Crippen LogP contribution in [0.4, 0.5) is 11.4 Å². The highest BCUT2D eigenvalue weighted by Gasteiger charge is 2.47. The van der Waals surface area contributed by atoms with E-state index in [4.69, 9.17) is 16.3 Å². The average molecular weight is 505 g/mol. The summed E-state index contributed by atoms with van der Waals surface area (Å²) in [4.78, 5) is 30.4. The maximum Gasteiger partial charge on any atom is 0.300 e. The summed E-state index contributed by atoms with van der Waals surface area (Å²) in [6.45, 7) is 1.96. The summed E-state index contributed by atoms with van der Waals surface area (Å²) in [5, 5.41) is 21.9. The molecule has 0 spiro atoms. The normalized spacial score (nSPS) is 19.2. The lowest BCUT2D eigenvalue weighted by atomic mass is 9.94. The first-order valence-corrected chi connectivity index (χ1v) is 12.1. The lowest BCUT2D eigenvalue weighted by molar-refractivity contribution is -0.132. The Balaban J connectivity index is 1.67. The van der Waals surface area contributed by atoms with Gasteiger partial charge in [0.1, 0.15) is 17.3 Å². The van der Waals surface area contributed by atoms with Crippen LogP contribution in [-0.4, -0.2) is 42.1 Å². The van der Waals surface area contributed by atoms with E-state index in [0.717, 1.165) is 31.6 Å². The number of ketones is 1. The van der Waals surface area contributed by atoms with E-state index in [9.17, 15) is 19.8 Å². The molecular formula is C28H25ClN2O5. The average Bonchev–Trinajstić information content (AvgIpc) is 3.51. The maximum absolute atomic E-state index is 13.4. The smallest absolute Gasteiger partial charge is 0.300 e. The van der Waals surface area contributed by atoms with Gasteiger partial charge in [0, 0.05) is 29.5 Å². The molecule has 2 heterocycles. The zero-order valence-corrected chi connectivity index (χ0v) is 20.4. The van der Waals surface area contributed by atoms with E-state index in [1.807, 2.05) is 12.1 Å². The number of aliphatic hydroxyl groups is 1. The minimum Gasteiger partial charge on any atom is -0.508 e. The van der Waals surface area contributed by atoms with Gasteiger partial charge in [0.15, 0.2) is 0 Å². The van der Waals surface area contributed by atoms with Crippen LogP contribution in [0.1, 0.15) is 30.0 Å². The number of amides is 1. The molecule has 0 bridgehead atoms. The summed E-state index contributed by atoms with van der Waals surface area (Å²) in [5.41, 5.74) is 2.10. The Labute approximate surface area is 213 Å². The molecule has 184 valence electrons. The number of benzene rings is 3. The summed E-state index contributed by atoms with van der Waals surface area (Å²) in [7, 11) is 1.44. The van der Waals surface area contributed by atoms with Gasteiger partial charge in [0.25, 0.3) is 11.7 Å². The standard InChI is InChI=1S/C28H25ClN2O5/c1-36-23-12-7-18(29)16-22(23)26(33)24-25(17-5-4-6-21(32)15-17)31(28(35)27(24)34)20-10-8-19(9-11-20)30-13-2-3-14-30/h4-12,15-16,25,32-33H,2-3,13-14H2,1H3/b26-24+. The monoisotopic (exact) mass is 504 g/mol. The summed E-state index contributed by atoms with van der Waals surface area (Å²) in [6.07, 6.45) is 2.28. The molecule has 1 amide bonds. The number of phenols is 1. The number of carbonyl (C=O) groups is 2. The van der Waals surface area contributed by atoms with Crippen LogP contribution in [0, 0.1) is 0 Å². The molecule has 3 aromatic carbocycles. The van der Waals surface area contributed by atoms with Crippen LogP contribution in [0.2, 0.25) is 5.02 Å². The fourth-order valence-corrected chi connectivity index (χ4v) is 5.09. The predicted molar refractivity (Wildman–Crippen MR) is 139 cm³/mol. The van der Waals surface area contributed by atoms with E-state index in [2.05, 4.69) is 4.90 Å². The molecule has 0 aromatic heterocycles. The van der Waals surface area contributed by atoms with Gasteiger partial charge >= 0.3 is 0 Å². The predicted octanol–water partition coefficient (Wildman–Crippen LogP) is 5.28. The van der Waals surface area contributed by atoms with Crippen molar-refractivity contribution in [2.24, 2.45) is 0 Å². The highest BCUT2D eigenvalue weighted by Crippen LogP contribution is 2.44. The molecule has 0 aliphatic carbocycles. The number of nitrogens with zero attached hydrogens (tertiary/aromatic N) is 2. The number of ether oxygens (including phenoxy) is 1. The van der Waals surface area contributed by atoms with Crippen molar-refractivity contribution in [2.45, 2.75) is 18.9 Å². The number of Topliss-reactive ketones (excluding diaryl/α,β-unsaturated/α-hetero) is 1. The number of rotatable bonds is 5. The second-order valence-electron chi connectivity index (χ2n) is 8.82. The van der Waals surface area contributed by atoms with Gasteiger partial charge in [-0.1, -0.05) is 23.7 Å². The van der Waals surface area contributed by atoms with Gasteiger partial charge in [-0.15, -0.1) is 0 Å². The molecule has 0 saturated carbocycles. The van der Waals surface area contributed by atoms with Gasteiger partial charge in [-0.05, 0) is 73.0 Å². The number of hydrogen-bond acceptors (Lipinski definition) is 6. The van der Waals surface area contributed by atoms with Gasteiger partial charge < -0.3 is 19.8 Å². The van der Waals surface area contributed by atoms with Gasteiger partial charge in [0.05, 0.1) is 24.3 Å². The minimum atomic E-state index is -0.974. The second-order valence-corrected chi connectivity index (χ2v) is 9.26. The maximum atomic E-state index is 13.4. The number of aliphatic hydroxyl groups excluding tert-OH is 1. The Bertz CT molecular complexity index is 1360. The fourth-order valence-electron chi connectivity index (χ4n) is 4.92. The van der Waals surface area contributed by atoms with Crippen LogP contribution in [0.25, 0.3) is 5.76 Å². The van der Waals surface area contributed by atoms with Gasteiger partial charge in [-0.3, -0.25) is 14.5 Å². The minimum absolute atomic E-state index is 0.0252. The third-order valence-corrected chi connectivity index (χ3v) is 6.88. The van der Waals surface area contributed by atoms with Crippen molar-refractivity contribution in [3.05, 3.63) is 88.5 Å². The Morgan fingerprint density at radius 1 is 0.972 bits per heavy atom. The van der Waals surface area contributed by atoms with Crippen LogP contribution in [0.15, 0.2) is 72.3 Å². The Hall–Kier alpha value is -3.97. The number of anilines is 2. The SMILES string of the molecule is COc1ccc(Cl)cc1/C(O)=C1\C(=O)C(=O)N(c2ccc(N3CCCC3)cc2)C1c1cccc(O)c1. The van der Waals surface area contributed by atoms with Gasteiger partial charge in [-0.2, -0.15) is 0 Å².